The van der Waals surface area contributed by atoms with Crippen LogP contribution in [0.2, 0.25) is 5.02 Å². The number of carbonyl (C=O) groups excluding carboxylic acids is 1. The molecule has 2 aliphatic rings. The summed E-state index contributed by atoms with van der Waals surface area (Å²) < 4.78 is 5.59. The van der Waals surface area contributed by atoms with Gasteiger partial charge in [0, 0.05) is 10.9 Å². The van der Waals surface area contributed by atoms with Crippen LogP contribution < -0.4 is 9.64 Å². The van der Waals surface area contributed by atoms with E-state index in [9.17, 15) is 4.79 Å². The molecule has 0 atom stereocenters. The Morgan fingerprint density at radius 1 is 1.26 bits per heavy atom. The van der Waals surface area contributed by atoms with E-state index < -0.39 is 0 Å². The first kappa shape index (κ1) is 12.8. The van der Waals surface area contributed by atoms with Gasteiger partial charge >= 0.3 is 0 Å². The Bertz CT molecular complexity index is 483. The Morgan fingerprint density at radius 3 is 2.84 bits per heavy atom. The number of rotatable bonds is 1. The van der Waals surface area contributed by atoms with Crippen LogP contribution in [0.1, 0.15) is 32.1 Å². The van der Waals surface area contributed by atoms with Gasteiger partial charge in [-0.15, -0.1) is 0 Å². The molecule has 1 aliphatic heterocycles. The van der Waals surface area contributed by atoms with Gasteiger partial charge in [-0.05, 0) is 31.0 Å². The van der Waals surface area contributed by atoms with E-state index in [0.717, 1.165) is 24.3 Å². The van der Waals surface area contributed by atoms with Gasteiger partial charge in [0.25, 0.3) is 0 Å². The van der Waals surface area contributed by atoms with Gasteiger partial charge in [0.15, 0.2) is 0 Å². The summed E-state index contributed by atoms with van der Waals surface area (Å²) >= 11 is 6.04. The Hall–Kier alpha value is -1.22. The standard InChI is InChI=1S/C15H18ClNO2/c16-12-6-7-14-13(10-12)17(8-9-19-14)15(18)11-4-2-1-3-5-11/h6-7,10-11H,1-5,8-9H2. The van der Waals surface area contributed by atoms with Crippen molar-refractivity contribution in [1.82, 2.24) is 0 Å². The molecule has 1 heterocycles. The molecule has 1 saturated carbocycles. The molecule has 4 heteroatoms. The van der Waals surface area contributed by atoms with Crippen molar-refractivity contribution in [2.75, 3.05) is 18.1 Å². The molecule has 0 saturated heterocycles. The van der Waals surface area contributed by atoms with E-state index >= 15 is 0 Å². The Balaban J connectivity index is 1.86. The molecule has 0 unspecified atom stereocenters. The minimum atomic E-state index is 0.179. The summed E-state index contributed by atoms with van der Waals surface area (Å²) in [5, 5.41) is 0.644. The van der Waals surface area contributed by atoms with Crippen LogP contribution >= 0.6 is 11.6 Å². The summed E-state index contributed by atoms with van der Waals surface area (Å²) in [5.41, 5.74) is 0.828. The second-order valence-corrected chi connectivity index (χ2v) is 5.72. The fraction of sp³-hybridized carbons (Fsp3) is 0.533. The number of halogens is 1. The van der Waals surface area contributed by atoms with Gasteiger partial charge in [-0.2, -0.15) is 0 Å². The maximum absolute atomic E-state index is 12.7. The predicted octanol–water partition coefficient (Wildman–Crippen LogP) is 3.65. The molecule has 0 N–H and O–H groups in total. The van der Waals surface area contributed by atoms with E-state index in [4.69, 9.17) is 16.3 Å². The first-order valence-electron chi connectivity index (χ1n) is 6.99. The van der Waals surface area contributed by atoms with Gasteiger partial charge in [-0.25, -0.2) is 0 Å². The van der Waals surface area contributed by atoms with Crippen molar-refractivity contribution in [2.24, 2.45) is 5.92 Å². The third-order valence-corrected chi connectivity index (χ3v) is 4.24. The van der Waals surface area contributed by atoms with Gasteiger partial charge < -0.3 is 9.64 Å². The first-order valence-corrected chi connectivity index (χ1v) is 7.37. The molecular formula is C15H18ClNO2. The van der Waals surface area contributed by atoms with Crippen molar-refractivity contribution < 1.29 is 9.53 Å². The minimum Gasteiger partial charge on any atom is -0.490 e. The SMILES string of the molecule is O=C(C1CCCCC1)N1CCOc2ccc(Cl)cc21. The van der Waals surface area contributed by atoms with Crippen molar-refractivity contribution in [2.45, 2.75) is 32.1 Å². The zero-order valence-electron chi connectivity index (χ0n) is 10.9. The normalized spacial score (nSPS) is 19.7. The summed E-state index contributed by atoms with van der Waals surface area (Å²) in [4.78, 5) is 14.5. The highest BCUT2D eigenvalue weighted by molar-refractivity contribution is 6.31. The number of fused-ring (bicyclic) bond motifs is 1. The second-order valence-electron chi connectivity index (χ2n) is 5.29. The number of amides is 1. The molecule has 0 bridgehead atoms. The van der Waals surface area contributed by atoms with Crippen LogP contribution in [0.3, 0.4) is 0 Å². The van der Waals surface area contributed by atoms with Crippen LogP contribution in [0, 0.1) is 5.92 Å². The maximum Gasteiger partial charge on any atom is 0.230 e. The third-order valence-electron chi connectivity index (χ3n) is 4.00. The van der Waals surface area contributed by atoms with Crippen molar-refractivity contribution in [3.63, 3.8) is 0 Å². The molecular weight excluding hydrogens is 262 g/mol. The van der Waals surface area contributed by atoms with Crippen LogP contribution in [-0.2, 0) is 4.79 Å². The Kier molecular flexibility index (Phi) is 3.65. The third kappa shape index (κ3) is 2.57. The molecule has 1 amide bonds. The second kappa shape index (κ2) is 5.41. The number of hydrogen-bond donors (Lipinski definition) is 0. The molecule has 3 nitrogen and oxygen atoms in total. The largest absolute Gasteiger partial charge is 0.490 e. The van der Waals surface area contributed by atoms with E-state index in [1.807, 2.05) is 17.0 Å². The molecule has 102 valence electrons. The fourth-order valence-electron chi connectivity index (χ4n) is 2.99. The number of benzene rings is 1. The molecule has 1 aromatic carbocycles. The van der Waals surface area contributed by atoms with Gasteiger partial charge in [-0.3, -0.25) is 4.79 Å². The van der Waals surface area contributed by atoms with Gasteiger partial charge in [-0.1, -0.05) is 30.9 Å². The molecule has 1 aromatic rings. The van der Waals surface area contributed by atoms with E-state index in [2.05, 4.69) is 0 Å². The molecule has 3 rings (SSSR count). The van der Waals surface area contributed by atoms with Crippen molar-refractivity contribution in [1.29, 1.82) is 0 Å². The minimum absolute atomic E-state index is 0.179. The van der Waals surface area contributed by atoms with Gasteiger partial charge in [0.05, 0.1) is 12.2 Å². The zero-order chi connectivity index (χ0) is 13.2. The highest BCUT2D eigenvalue weighted by Crippen LogP contribution is 2.36. The van der Waals surface area contributed by atoms with Crippen LogP contribution in [-0.4, -0.2) is 19.1 Å². The summed E-state index contributed by atoms with van der Waals surface area (Å²) in [6, 6.07) is 5.48. The Morgan fingerprint density at radius 2 is 2.05 bits per heavy atom. The van der Waals surface area contributed by atoms with E-state index in [-0.39, 0.29) is 11.8 Å². The number of ether oxygens (including phenoxy) is 1. The summed E-state index contributed by atoms with van der Waals surface area (Å²) in [7, 11) is 0. The summed E-state index contributed by atoms with van der Waals surface area (Å²) in [6.07, 6.45) is 5.64. The lowest BCUT2D eigenvalue weighted by Crippen LogP contribution is -2.42. The number of nitrogens with zero attached hydrogens (tertiary/aromatic N) is 1. The van der Waals surface area contributed by atoms with Crippen molar-refractivity contribution in [3.05, 3.63) is 23.2 Å². The molecule has 1 fully saturated rings. The lowest BCUT2D eigenvalue weighted by Gasteiger charge is -2.33. The average molecular weight is 280 g/mol. The topological polar surface area (TPSA) is 29.5 Å². The molecule has 0 spiro atoms. The van der Waals surface area contributed by atoms with Gasteiger partial charge in [0.2, 0.25) is 5.91 Å². The highest BCUT2D eigenvalue weighted by Gasteiger charge is 2.30. The Labute approximate surface area is 118 Å². The smallest absolute Gasteiger partial charge is 0.230 e. The molecule has 1 aliphatic carbocycles. The average Bonchev–Trinajstić information content (AvgIpc) is 2.47. The van der Waals surface area contributed by atoms with Crippen LogP contribution in [0.25, 0.3) is 0 Å². The first-order chi connectivity index (χ1) is 9.25. The van der Waals surface area contributed by atoms with Gasteiger partial charge in [0.1, 0.15) is 12.4 Å². The quantitative estimate of drug-likeness (QED) is 0.785. The lowest BCUT2D eigenvalue weighted by atomic mass is 9.88. The highest BCUT2D eigenvalue weighted by atomic mass is 35.5. The molecule has 0 aromatic heterocycles. The summed E-state index contributed by atoms with van der Waals surface area (Å²) in [6.45, 7) is 1.19. The summed E-state index contributed by atoms with van der Waals surface area (Å²) in [5.74, 6) is 1.19. The van der Waals surface area contributed by atoms with E-state index in [1.165, 1.54) is 19.3 Å². The molecule has 0 radical (unpaired) electrons. The van der Waals surface area contributed by atoms with Crippen molar-refractivity contribution >= 4 is 23.2 Å². The number of anilines is 1. The predicted molar refractivity (Wildman–Crippen MR) is 75.9 cm³/mol. The van der Waals surface area contributed by atoms with E-state index in [1.54, 1.807) is 6.07 Å². The lowest BCUT2D eigenvalue weighted by molar-refractivity contribution is -0.123. The molecule has 19 heavy (non-hydrogen) atoms. The number of hydrogen-bond acceptors (Lipinski definition) is 2. The van der Waals surface area contributed by atoms with Crippen LogP contribution in [0.4, 0.5) is 5.69 Å². The maximum atomic E-state index is 12.7. The van der Waals surface area contributed by atoms with Crippen molar-refractivity contribution in [3.8, 4) is 5.75 Å². The van der Waals surface area contributed by atoms with Crippen LogP contribution in [0.15, 0.2) is 18.2 Å². The fourth-order valence-corrected chi connectivity index (χ4v) is 3.16. The zero-order valence-corrected chi connectivity index (χ0v) is 11.7. The van der Waals surface area contributed by atoms with E-state index in [0.29, 0.717) is 18.2 Å². The number of carbonyl (C=O) groups is 1. The van der Waals surface area contributed by atoms with Crippen LogP contribution in [0.5, 0.6) is 5.75 Å². The monoisotopic (exact) mass is 279 g/mol.